The summed E-state index contributed by atoms with van der Waals surface area (Å²) in [4.78, 5) is 10.3. The average molecular weight is 188 g/mol. The van der Waals surface area contributed by atoms with E-state index in [0.29, 0.717) is 12.2 Å². The smallest absolute Gasteiger partial charge is 0.321 e. The van der Waals surface area contributed by atoms with Gasteiger partial charge < -0.3 is 10.8 Å². The van der Waals surface area contributed by atoms with E-state index in [1.165, 1.54) is 11.8 Å². The Balaban J connectivity index is 3.68. The molecule has 5 heteroatoms. The Morgan fingerprint density at radius 1 is 1.83 bits per heavy atom. The first-order valence-electron chi connectivity index (χ1n) is 3.61. The lowest BCUT2D eigenvalue weighted by atomic mass is 10.4. The second-order valence-electron chi connectivity index (χ2n) is 2.30. The van der Waals surface area contributed by atoms with E-state index in [4.69, 9.17) is 16.1 Å². The second-order valence-corrected chi connectivity index (χ2v) is 3.54. The zero-order valence-electron chi connectivity index (χ0n) is 6.86. The summed E-state index contributed by atoms with van der Waals surface area (Å²) in [6.07, 6.45) is 0.716. The molecule has 12 heavy (non-hydrogen) atoms. The lowest BCUT2D eigenvalue weighted by Crippen LogP contribution is -2.33. The van der Waals surface area contributed by atoms with Gasteiger partial charge in [-0.25, -0.2) is 0 Å². The third kappa shape index (κ3) is 4.21. The van der Waals surface area contributed by atoms with Gasteiger partial charge in [0.05, 0.1) is 11.3 Å². The molecule has 0 aromatic heterocycles. The Bertz CT molecular complexity index is 190. The van der Waals surface area contributed by atoms with Crippen molar-refractivity contribution in [2.45, 2.75) is 24.6 Å². The van der Waals surface area contributed by atoms with Gasteiger partial charge >= 0.3 is 5.97 Å². The fourth-order valence-corrected chi connectivity index (χ4v) is 1.43. The molecule has 0 saturated heterocycles. The van der Waals surface area contributed by atoms with Crippen molar-refractivity contribution in [2.24, 2.45) is 5.73 Å². The molecule has 0 aliphatic rings. The minimum atomic E-state index is -1.02. The van der Waals surface area contributed by atoms with Crippen molar-refractivity contribution in [3.63, 3.8) is 0 Å². The molecule has 3 N–H and O–H groups in total. The van der Waals surface area contributed by atoms with Gasteiger partial charge in [0, 0.05) is 5.75 Å². The normalized spacial score (nSPS) is 14.8. The van der Waals surface area contributed by atoms with Crippen LogP contribution in [0.15, 0.2) is 0 Å². The Kier molecular flexibility index (Phi) is 5.51. The molecule has 0 amide bonds. The average Bonchev–Trinajstić information content (AvgIpc) is 2.05. The van der Waals surface area contributed by atoms with Gasteiger partial charge in [-0.15, -0.1) is 11.8 Å². The molecular formula is C7H12N2O2S. The molecule has 0 spiro atoms. The minimum Gasteiger partial charge on any atom is -0.480 e. The molecule has 0 heterocycles. The van der Waals surface area contributed by atoms with Gasteiger partial charge in [0.2, 0.25) is 0 Å². The number of carboxylic acids is 1. The van der Waals surface area contributed by atoms with E-state index >= 15 is 0 Å². The van der Waals surface area contributed by atoms with Crippen LogP contribution in [0.2, 0.25) is 0 Å². The van der Waals surface area contributed by atoms with Gasteiger partial charge in [0.25, 0.3) is 0 Å². The van der Waals surface area contributed by atoms with Gasteiger partial charge in [0.1, 0.15) is 6.04 Å². The number of nitrogens with zero attached hydrogens (tertiary/aromatic N) is 1. The molecular weight excluding hydrogens is 176 g/mol. The molecule has 0 aliphatic carbocycles. The van der Waals surface area contributed by atoms with E-state index in [1.807, 2.05) is 6.92 Å². The van der Waals surface area contributed by atoms with Crippen LogP contribution < -0.4 is 5.73 Å². The molecule has 0 fully saturated rings. The van der Waals surface area contributed by atoms with Crippen LogP contribution in [-0.4, -0.2) is 28.1 Å². The highest BCUT2D eigenvalue weighted by molar-refractivity contribution is 8.00. The van der Waals surface area contributed by atoms with Crippen molar-refractivity contribution in [1.29, 1.82) is 5.26 Å². The summed E-state index contributed by atoms with van der Waals surface area (Å²) in [6, 6.07) is 1.20. The van der Waals surface area contributed by atoms with Crippen LogP contribution in [0.5, 0.6) is 0 Å². The Morgan fingerprint density at radius 2 is 2.42 bits per heavy atom. The van der Waals surface area contributed by atoms with Gasteiger partial charge in [-0.05, 0) is 6.42 Å². The van der Waals surface area contributed by atoms with E-state index < -0.39 is 12.0 Å². The first-order chi connectivity index (χ1) is 5.61. The minimum absolute atomic E-state index is 0.143. The van der Waals surface area contributed by atoms with E-state index in [-0.39, 0.29) is 5.25 Å². The number of hydrogen-bond acceptors (Lipinski definition) is 4. The summed E-state index contributed by atoms with van der Waals surface area (Å²) in [5.41, 5.74) is 5.24. The molecule has 0 aromatic rings. The molecule has 4 nitrogen and oxygen atoms in total. The van der Waals surface area contributed by atoms with Crippen molar-refractivity contribution in [3.05, 3.63) is 0 Å². The van der Waals surface area contributed by atoms with Crippen LogP contribution >= 0.6 is 11.8 Å². The Hall–Kier alpha value is -0.730. The van der Waals surface area contributed by atoms with Crippen molar-refractivity contribution < 1.29 is 9.90 Å². The number of rotatable bonds is 5. The van der Waals surface area contributed by atoms with Crippen LogP contribution in [0.25, 0.3) is 0 Å². The fourth-order valence-electron chi connectivity index (χ4n) is 0.538. The zero-order valence-corrected chi connectivity index (χ0v) is 7.67. The van der Waals surface area contributed by atoms with Crippen LogP contribution in [0, 0.1) is 11.3 Å². The Labute approximate surface area is 75.7 Å². The molecule has 0 radical (unpaired) electrons. The maximum atomic E-state index is 10.3. The van der Waals surface area contributed by atoms with Crippen molar-refractivity contribution in [3.8, 4) is 6.07 Å². The lowest BCUT2D eigenvalue weighted by Gasteiger charge is -2.08. The van der Waals surface area contributed by atoms with Crippen molar-refractivity contribution >= 4 is 17.7 Å². The number of carbonyl (C=O) groups is 1. The van der Waals surface area contributed by atoms with Gasteiger partial charge in [0.15, 0.2) is 0 Å². The number of hydrogen-bond donors (Lipinski definition) is 2. The van der Waals surface area contributed by atoms with Crippen LogP contribution in [-0.2, 0) is 4.79 Å². The van der Waals surface area contributed by atoms with Gasteiger partial charge in [-0.2, -0.15) is 5.26 Å². The van der Waals surface area contributed by atoms with E-state index in [9.17, 15) is 4.79 Å². The molecule has 0 rings (SSSR count). The lowest BCUT2D eigenvalue weighted by molar-refractivity contribution is -0.137. The Morgan fingerprint density at radius 3 is 2.75 bits per heavy atom. The van der Waals surface area contributed by atoms with E-state index in [0.717, 1.165) is 0 Å². The van der Waals surface area contributed by atoms with Gasteiger partial charge in [-0.1, -0.05) is 6.92 Å². The predicted octanol–water partition coefficient (Wildman–Crippen LogP) is 0.434. The number of nitriles is 1. The monoisotopic (exact) mass is 188 g/mol. The highest BCUT2D eigenvalue weighted by Gasteiger charge is 2.14. The summed E-state index contributed by atoms with van der Waals surface area (Å²) in [5, 5.41) is 16.8. The first kappa shape index (κ1) is 11.3. The highest BCUT2D eigenvalue weighted by atomic mass is 32.2. The second kappa shape index (κ2) is 5.86. The van der Waals surface area contributed by atoms with E-state index in [1.54, 1.807) is 0 Å². The molecule has 0 saturated carbocycles. The maximum absolute atomic E-state index is 10.3. The maximum Gasteiger partial charge on any atom is 0.321 e. The summed E-state index contributed by atoms with van der Waals surface area (Å²) in [5.74, 6) is -0.725. The SMILES string of the molecule is CCC(C#N)SCC(N)C(=O)O. The highest BCUT2D eigenvalue weighted by Crippen LogP contribution is 2.13. The number of aliphatic carboxylic acids is 1. The summed E-state index contributed by atoms with van der Waals surface area (Å²) in [7, 11) is 0. The van der Waals surface area contributed by atoms with Crippen LogP contribution in [0.4, 0.5) is 0 Å². The summed E-state index contributed by atoms with van der Waals surface area (Å²) in [6.45, 7) is 1.88. The first-order valence-corrected chi connectivity index (χ1v) is 4.66. The summed E-state index contributed by atoms with van der Waals surface area (Å²) >= 11 is 1.29. The third-order valence-corrected chi connectivity index (χ3v) is 2.70. The van der Waals surface area contributed by atoms with E-state index in [2.05, 4.69) is 6.07 Å². The van der Waals surface area contributed by atoms with Crippen molar-refractivity contribution in [1.82, 2.24) is 0 Å². The van der Waals surface area contributed by atoms with Crippen molar-refractivity contribution in [2.75, 3.05) is 5.75 Å². The standard InChI is InChI=1S/C7H12N2O2S/c1-2-5(3-8)12-4-6(9)7(10)11/h5-6H,2,4,9H2,1H3,(H,10,11). The quantitative estimate of drug-likeness (QED) is 0.653. The molecule has 0 aliphatic heterocycles. The molecule has 0 aromatic carbocycles. The fraction of sp³-hybridized carbons (Fsp3) is 0.714. The predicted molar refractivity (Wildman–Crippen MR) is 47.8 cm³/mol. The number of carboxylic acid groups (broad SMARTS) is 1. The number of thioether (sulfide) groups is 1. The topological polar surface area (TPSA) is 87.1 Å². The van der Waals surface area contributed by atoms with Crippen LogP contribution in [0.3, 0.4) is 0 Å². The molecule has 2 atom stereocenters. The molecule has 2 unspecified atom stereocenters. The third-order valence-electron chi connectivity index (χ3n) is 1.31. The zero-order chi connectivity index (χ0) is 9.56. The molecule has 68 valence electrons. The largest absolute Gasteiger partial charge is 0.480 e. The van der Waals surface area contributed by atoms with Gasteiger partial charge in [-0.3, -0.25) is 4.79 Å². The number of nitrogens with two attached hydrogens (primary N) is 1. The van der Waals surface area contributed by atoms with Crippen LogP contribution in [0.1, 0.15) is 13.3 Å². The molecule has 0 bridgehead atoms. The summed E-state index contributed by atoms with van der Waals surface area (Å²) < 4.78 is 0.